The number of hydrogen-bond donors (Lipinski definition) is 1. The van der Waals surface area contributed by atoms with Gasteiger partial charge in [-0.2, -0.15) is 0 Å². The molecule has 1 unspecified atom stereocenters. The molecule has 1 fully saturated rings. The Balaban J connectivity index is 1.81. The number of amides is 1. The number of halogens is 2. The monoisotopic (exact) mass is 394 g/mol. The molecule has 1 atom stereocenters. The Morgan fingerprint density at radius 2 is 1.50 bits per heavy atom. The standard InChI is InChI=1S/C15H12Br2N2O/c16-11-3-1-10(2-4-11)14-9-15(20)19(18-14)13-7-5-12(17)6-8-13/h1-8,14,18H,9H2. The third kappa shape index (κ3) is 2.80. The molecule has 0 aliphatic carbocycles. The van der Waals surface area contributed by atoms with Crippen molar-refractivity contribution in [3.63, 3.8) is 0 Å². The van der Waals surface area contributed by atoms with Crippen molar-refractivity contribution in [1.82, 2.24) is 5.43 Å². The van der Waals surface area contributed by atoms with E-state index < -0.39 is 0 Å². The molecule has 0 saturated carbocycles. The molecule has 20 heavy (non-hydrogen) atoms. The summed E-state index contributed by atoms with van der Waals surface area (Å²) in [6.07, 6.45) is 0.470. The van der Waals surface area contributed by atoms with E-state index in [0.29, 0.717) is 6.42 Å². The van der Waals surface area contributed by atoms with Gasteiger partial charge in [0.1, 0.15) is 0 Å². The van der Waals surface area contributed by atoms with E-state index in [0.717, 1.165) is 20.2 Å². The minimum absolute atomic E-state index is 0.0271. The Bertz CT molecular complexity index is 625. The lowest BCUT2D eigenvalue weighted by molar-refractivity contribution is -0.117. The van der Waals surface area contributed by atoms with Crippen molar-refractivity contribution < 1.29 is 4.79 Å². The Hall–Kier alpha value is -1.17. The molecule has 1 aliphatic heterocycles. The lowest BCUT2D eigenvalue weighted by atomic mass is 10.1. The summed E-state index contributed by atoms with van der Waals surface area (Å²) in [6, 6.07) is 15.7. The highest BCUT2D eigenvalue weighted by Crippen LogP contribution is 2.29. The lowest BCUT2D eigenvalue weighted by Gasteiger charge is -2.18. The second-order valence-corrected chi connectivity index (χ2v) is 6.47. The first-order valence-corrected chi connectivity index (χ1v) is 7.82. The minimum Gasteiger partial charge on any atom is -0.273 e. The summed E-state index contributed by atoms with van der Waals surface area (Å²) in [4.78, 5) is 12.2. The largest absolute Gasteiger partial charge is 0.273 e. The van der Waals surface area contributed by atoms with Gasteiger partial charge in [-0.3, -0.25) is 4.79 Å². The number of carbonyl (C=O) groups is 1. The number of hydrogen-bond acceptors (Lipinski definition) is 2. The number of anilines is 1. The highest BCUT2D eigenvalue weighted by molar-refractivity contribution is 9.10. The number of benzene rings is 2. The zero-order chi connectivity index (χ0) is 14.1. The Morgan fingerprint density at radius 1 is 0.950 bits per heavy atom. The summed E-state index contributed by atoms with van der Waals surface area (Å²) in [5.41, 5.74) is 5.24. The fourth-order valence-corrected chi connectivity index (χ4v) is 2.76. The van der Waals surface area contributed by atoms with Crippen LogP contribution < -0.4 is 10.4 Å². The topological polar surface area (TPSA) is 32.3 Å². The zero-order valence-electron chi connectivity index (χ0n) is 10.5. The molecular weight excluding hydrogens is 384 g/mol. The molecule has 2 aromatic carbocycles. The van der Waals surface area contributed by atoms with Crippen molar-refractivity contribution in [2.75, 3.05) is 5.01 Å². The van der Waals surface area contributed by atoms with Crippen LogP contribution in [0.5, 0.6) is 0 Å². The summed E-state index contributed by atoms with van der Waals surface area (Å²) in [5.74, 6) is 0.0836. The van der Waals surface area contributed by atoms with Crippen molar-refractivity contribution >= 4 is 43.5 Å². The van der Waals surface area contributed by atoms with Crippen molar-refractivity contribution in [3.8, 4) is 0 Å². The minimum atomic E-state index is 0.0271. The van der Waals surface area contributed by atoms with Gasteiger partial charge in [0.05, 0.1) is 11.7 Å². The second-order valence-electron chi connectivity index (χ2n) is 4.64. The lowest BCUT2D eigenvalue weighted by Crippen LogP contribution is -2.34. The van der Waals surface area contributed by atoms with E-state index in [4.69, 9.17) is 0 Å². The number of carbonyl (C=O) groups excluding carboxylic acids is 1. The van der Waals surface area contributed by atoms with E-state index in [1.807, 2.05) is 48.5 Å². The fraction of sp³-hybridized carbons (Fsp3) is 0.133. The van der Waals surface area contributed by atoms with Crippen LogP contribution in [-0.2, 0) is 4.79 Å². The molecule has 3 nitrogen and oxygen atoms in total. The highest BCUT2D eigenvalue weighted by atomic mass is 79.9. The number of nitrogens with one attached hydrogen (secondary N) is 1. The molecule has 3 rings (SSSR count). The number of rotatable bonds is 2. The van der Waals surface area contributed by atoms with E-state index in [1.165, 1.54) is 0 Å². The Labute approximate surface area is 134 Å². The summed E-state index contributed by atoms with van der Waals surface area (Å²) in [7, 11) is 0. The average Bonchev–Trinajstić information content (AvgIpc) is 2.82. The van der Waals surface area contributed by atoms with Gasteiger partial charge < -0.3 is 0 Å². The van der Waals surface area contributed by atoms with Gasteiger partial charge in [-0.15, -0.1) is 0 Å². The first-order chi connectivity index (χ1) is 9.63. The van der Waals surface area contributed by atoms with Crippen LogP contribution in [0.2, 0.25) is 0 Å². The molecule has 1 heterocycles. The normalized spacial score (nSPS) is 18.6. The number of nitrogens with zero attached hydrogens (tertiary/aromatic N) is 1. The van der Waals surface area contributed by atoms with Gasteiger partial charge in [0.25, 0.3) is 0 Å². The van der Waals surface area contributed by atoms with Crippen molar-refractivity contribution in [3.05, 3.63) is 63.0 Å². The third-order valence-electron chi connectivity index (χ3n) is 3.27. The molecule has 5 heteroatoms. The molecule has 102 valence electrons. The van der Waals surface area contributed by atoms with E-state index in [1.54, 1.807) is 5.01 Å². The fourth-order valence-electron chi connectivity index (χ4n) is 2.24. The maximum absolute atomic E-state index is 12.2. The van der Waals surface area contributed by atoms with Gasteiger partial charge in [0.2, 0.25) is 5.91 Å². The van der Waals surface area contributed by atoms with Gasteiger partial charge in [-0.05, 0) is 42.0 Å². The Morgan fingerprint density at radius 3 is 2.10 bits per heavy atom. The highest BCUT2D eigenvalue weighted by Gasteiger charge is 2.31. The molecule has 0 aromatic heterocycles. The van der Waals surface area contributed by atoms with E-state index in [9.17, 15) is 4.79 Å². The molecule has 2 aromatic rings. The van der Waals surface area contributed by atoms with Crippen LogP contribution in [0.15, 0.2) is 57.5 Å². The van der Waals surface area contributed by atoms with Gasteiger partial charge in [-0.25, -0.2) is 10.4 Å². The van der Waals surface area contributed by atoms with Crippen LogP contribution in [0.1, 0.15) is 18.0 Å². The van der Waals surface area contributed by atoms with Crippen LogP contribution in [-0.4, -0.2) is 5.91 Å². The van der Waals surface area contributed by atoms with E-state index in [-0.39, 0.29) is 11.9 Å². The predicted molar refractivity (Wildman–Crippen MR) is 86.3 cm³/mol. The van der Waals surface area contributed by atoms with Crippen LogP contribution in [0.3, 0.4) is 0 Å². The SMILES string of the molecule is O=C1CC(c2ccc(Br)cc2)NN1c1ccc(Br)cc1. The van der Waals surface area contributed by atoms with Gasteiger partial charge in [0, 0.05) is 15.4 Å². The van der Waals surface area contributed by atoms with Crippen LogP contribution in [0.25, 0.3) is 0 Å². The molecular formula is C15H12Br2N2O. The molecule has 1 N–H and O–H groups in total. The molecule has 0 bridgehead atoms. The van der Waals surface area contributed by atoms with Crippen molar-refractivity contribution in [1.29, 1.82) is 0 Å². The van der Waals surface area contributed by atoms with Crippen molar-refractivity contribution in [2.24, 2.45) is 0 Å². The van der Waals surface area contributed by atoms with E-state index in [2.05, 4.69) is 37.3 Å². The second kappa shape index (κ2) is 5.68. The molecule has 1 aliphatic rings. The maximum atomic E-state index is 12.2. The molecule has 0 spiro atoms. The van der Waals surface area contributed by atoms with Gasteiger partial charge in [-0.1, -0.05) is 44.0 Å². The van der Waals surface area contributed by atoms with E-state index >= 15 is 0 Å². The first-order valence-electron chi connectivity index (χ1n) is 6.23. The number of hydrazine groups is 1. The summed E-state index contributed by atoms with van der Waals surface area (Å²) < 4.78 is 2.03. The smallest absolute Gasteiger partial charge is 0.243 e. The third-order valence-corrected chi connectivity index (χ3v) is 4.33. The first kappa shape index (κ1) is 13.8. The summed E-state index contributed by atoms with van der Waals surface area (Å²) in [6.45, 7) is 0. The molecule has 1 saturated heterocycles. The molecule has 1 amide bonds. The molecule has 0 radical (unpaired) electrons. The van der Waals surface area contributed by atoms with Crippen LogP contribution >= 0.6 is 31.9 Å². The maximum Gasteiger partial charge on any atom is 0.243 e. The van der Waals surface area contributed by atoms with Gasteiger partial charge >= 0.3 is 0 Å². The Kier molecular flexibility index (Phi) is 3.92. The summed E-state index contributed by atoms with van der Waals surface area (Å²) in [5, 5.41) is 1.62. The van der Waals surface area contributed by atoms with Crippen molar-refractivity contribution in [2.45, 2.75) is 12.5 Å². The van der Waals surface area contributed by atoms with Crippen LogP contribution in [0.4, 0.5) is 5.69 Å². The predicted octanol–water partition coefficient (Wildman–Crippen LogP) is 4.19. The zero-order valence-corrected chi connectivity index (χ0v) is 13.7. The quantitative estimate of drug-likeness (QED) is 0.826. The summed E-state index contributed by atoms with van der Waals surface area (Å²) >= 11 is 6.82. The van der Waals surface area contributed by atoms with Crippen LogP contribution in [0, 0.1) is 0 Å². The van der Waals surface area contributed by atoms with Gasteiger partial charge in [0.15, 0.2) is 0 Å². The average molecular weight is 396 g/mol.